The molecule has 0 spiro atoms. The lowest BCUT2D eigenvalue weighted by Crippen LogP contribution is -2.52. The number of nitrogens with zero attached hydrogens (tertiary/aromatic N) is 4. The van der Waals surface area contributed by atoms with Crippen LogP contribution in [0.2, 0.25) is 0 Å². The number of carbonyl (C=O) groups is 2. The van der Waals surface area contributed by atoms with Gasteiger partial charge in [-0.15, -0.1) is 0 Å². The van der Waals surface area contributed by atoms with E-state index in [4.69, 9.17) is 5.11 Å². The Morgan fingerprint density at radius 2 is 2.17 bits per heavy atom. The molecule has 126 valence electrons. The third-order valence-electron chi connectivity index (χ3n) is 3.90. The zero-order valence-corrected chi connectivity index (χ0v) is 13.5. The summed E-state index contributed by atoms with van der Waals surface area (Å²) in [6.07, 6.45) is 5.23. The van der Waals surface area contributed by atoms with Crippen LogP contribution in [-0.4, -0.2) is 64.7 Å². The number of hydrogen-bond donors (Lipinski definition) is 2. The number of carboxylic acid groups (broad SMARTS) is 1. The molecular weight excluding hydrogens is 298 g/mol. The van der Waals surface area contributed by atoms with E-state index in [2.05, 4.69) is 15.3 Å². The first-order valence-corrected chi connectivity index (χ1v) is 7.73. The van der Waals surface area contributed by atoms with Gasteiger partial charge in [0.15, 0.2) is 0 Å². The smallest absolute Gasteiger partial charge is 0.317 e. The summed E-state index contributed by atoms with van der Waals surface area (Å²) < 4.78 is 0. The Kier molecular flexibility index (Phi) is 5.72. The molecule has 1 aromatic rings. The van der Waals surface area contributed by atoms with Gasteiger partial charge in [-0.3, -0.25) is 4.79 Å². The summed E-state index contributed by atoms with van der Waals surface area (Å²) in [6.45, 7) is 3.28. The predicted octanol–water partition coefficient (Wildman–Crippen LogP) is 0.807. The molecule has 8 heteroatoms. The SMILES string of the molecule is CC(CN(C)C(=O)NC1CCCN(c2ncccn2)C1)C(=O)O. The van der Waals surface area contributed by atoms with Gasteiger partial charge < -0.3 is 20.2 Å². The molecule has 8 nitrogen and oxygen atoms in total. The summed E-state index contributed by atoms with van der Waals surface area (Å²) in [7, 11) is 1.61. The monoisotopic (exact) mass is 321 g/mol. The second kappa shape index (κ2) is 7.75. The first kappa shape index (κ1) is 17.0. The second-order valence-corrected chi connectivity index (χ2v) is 5.90. The summed E-state index contributed by atoms with van der Waals surface area (Å²) in [5, 5.41) is 11.9. The average molecular weight is 321 g/mol. The Morgan fingerprint density at radius 1 is 1.48 bits per heavy atom. The van der Waals surface area contributed by atoms with Gasteiger partial charge in [-0.25, -0.2) is 14.8 Å². The van der Waals surface area contributed by atoms with Crippen molar-refractivity contribution in [2.45, 2.75) is 25.8 Å². The Morgan fingerprint density at radius 3 is 2.83 bits per heavy atom. The summed E-state index contributed by atoms with van der Waals surface area (Å²) in [6, 6.07) is 1.52. The molecule has 2 amide bonds. The molecule has 0 aromatic carbocycles. The van der Waals surface area contributed by atoms with Crippen LogP contribution in [0.5, 0.6) is 0 Å². The lowest BCUT2D eigenvalue weighted by atomic mass is 10.1. The molecule has 0 radical (unpaired) electrons. The van der Waals surface area contributed by atoms with E-state index in [0.717, 1.165) is 19.4 Å². The summed E-state index contributed by atoms with van der Waals surface area (Å²) in [4.78, 5) is 35.0. The van der Waals surface area contributed by atoms with E-state index in [1.165, 1.54) is 4.90 Å². The molecule has 2 heterocycles. The molecule has 2 N–H and O–H groups in total. The number of amides is 2. The first-order chi connectivity index (χ1) is 11.0. The topological polar surface area (TPSA) is 98.7 Å². The number of aliphatic carboxylic acids is 1. The number of urea groups is 1. The first-order valence-electron chi connectivity index (χ1n) is 7.73. The lowest BCUT2D eigenvalue weighted by Gasteiger charge is -2.34. The number of nitrogens with one attached hydrogen (secondary N) is 1. The maximum Gasteiger partial charge on any atom is 0.317 e. The van der Waals surface area contributed by atoms with Gasteiger partial charge in [0.2, 0.25) is 5.95 Å². The highest BCUT2D eigenvalue weighted by molar-refractivity contribution is 5.76. The minimum Gasteiger partial charge on any atom is -0.481 e. The van der Waals surface area contributed by atoms with Gasteiger partial charge in [-0.1, -0.05) is 6.92 Å². The zero-order valence-electron chi connectivity index (χ0n) is 13.5. The van der Waals surface area contributed by atoms with Crippen LogP contribution in [0.25, 0.3) is 0 Å². The molecule has 0 saturated carbocycles. The number of piperidine rings is 1. The van der Waals surface area contributed by atoms with Crippen molar-refractivity contribution in [3.8, 4) is 0 Å². The molecule has 2 atom stereocenters. The number of carbonyl (C=O) groups excluding carboxylic acids is 1. The van der Waals surface area contributed by atoms with Crippen LogP contribution in [0.15, 0.2) is 18.5 Å². The summed E-state index contributed by atoms with van der Waals surface area (Å²) in [5.41, 5.74) is 0. The molecule has 1 aliphatic heterocycles. The van der Waals surface area contributed by atoms with Crippen molar-refractivity contribution in [1.82, 2.24) is 20.2 Å². The number of carboxylic acids is 1. The van der Waals surface area contributed by atoms with Crippen molar-refractivity contribution in [2.75, 3.05) is 31.6 Å². The maximum atomic E-state index is 12.2. The lowest BCUT2D eigenvalue weighted by molar-refractivity contribution is -0.141. The molecule has 1 aliphatic rings. The molecule has 2 rings (SSSR count). The third-order valence-corrected chi connectivity index (χ3v) is 3.90. The normalized spacial score (nSPS) is 19.0. The standard InChI is InChI=1S/C15H23N5O3/c1-11(13(21)22)9-19(2)15(23)18-12-5-3-8-20(10-12)14-16-6-4-7-17-14/h4,6-7,11-12H,3,5,8-10H2,1-2H3,(H,18,23)(H,21,22). The highest BCUT2D eigenvalue weighted by atomic mass is 16.4. The predicted molar refractivity (Wildman–Crippen MR) is 85.2 cm³/mol. The van der Waals surface area contributed by atoms with Crippen molar-refractivity contribution in [3.63, 3.8) is 0 Å². The van der Waals surface area contributed by atoms with E-state index >= 15 is 0 Å². The quantitative estimate of drug-likeness (QED) is 0.832. The van der Waals surface area contributed by atoms with Gasteiger partial charge in [0.25, 0.3) is 0 Å². The maximum absolute atomic E-state index is 12.2. The van der Waals surface area contributed by atoms with Crippen LogP contribution in [0, 0.1) is 5.92 Å². The average Bonchev–Trinajstić information content (AvgIpc) is 2.55. The van der Waals surface area contributed by atoms with Crippen molar-refractivity contribution in [1.29, 1.82) is 0 Å². The van der Waals surface area contributed by atoms with E-state index in [0.29, 0.717) is 12.5 Å². The Bertz CT molecular complexity index is 539. The van der Waals surface area contributed by atoms with Gasteiger partial charge in [0, 0.05) is 45.1 Å². The Labute approximate surface area is 135 Å². The van der Waals surface area contributed by atoms with Gasteiger partial charge in [-0.05, 0) is 18.9 Å². The van der Waals surface area contributed by atoms with Gasteiger partial charge in [0.05, 0.1) is 5.92 Å². The van der Waals surface area contributed by atoms with Crippen molar-refractivity contribution >= 4 is 17.9 Å². The van der Waals surface area contributed by atoms with Crippen LogP contribution in [0.3, 0.4) is 0 Å². The van der Waals surface area contributed by atoms with Crippen LogP contribution in [0.4, 0.5) is 10.7 Å². The number of rotatable bonds is 5. The Balaban J connectivity index is 1.87. The molecule has 23 heavy (non-hydrogen) atoms. The largest absolute Gasteiger partial charge is 0.481 e. The van der Waals surface area contributed by atoms with Gasteiger partial charge >= 0.3 is 12.0 Å². The van der Waals surface area contributed by atoms with Crippen LogP contribution < -0.4 is 10.2 Å². The fourth-order valence-electron chi connectivity index (χ4n) is 2.59. The second-order valence-electron chi connectivity index (χ2n) is 5.90. The molecule has 0 bridgehead atoms. The van der Waals surface area contributed by atoms with Gasteiger partial charge in [0.1, 0.15) is 0 Å². The molecule has 1 fully saturated rings. The molecule has 2 unspecified atom stereocenters. The number of aromatic nitrogens is 2. The van der Waals surface area contributed by atoms with Crippen molar-refractivity contribution in [3.05, 3.63) is 18.5 Å². The number of anilines is 1. The molecule has 1 aromatic heterocycles. The fourth-order valence-corrected chi connectivity index (χ4v) is 2.59. The highest BCUT2D eigenvalue weighted by Gasteiger charge is 2.25. The van der Waals surface area contributed by atoms with Crippen molar-refractivity contribution < 1.29 is 14.7 Å². The van der Waals surface area contributed by atoms with Gasteiger partial charge in [-0.2, -0.15) is 0 Å². The minimum atomic E-state index is -0.908. The molecular formula is C15H23N5O3. The zero-order chi connectivity index (χ0) is 16.8. The Hall–Kier alpha value is -2.38. The summed E-state index contributed by atoms with van der Waals surface area (Å²) in [5.74, 6) is -0.833. The van der Waals surface area contributed by atoms with Crippen LogP contribution >= 0.6 is 0 Å². The summed E-state index contributed by atoms with van der Waals surface area (Å²) >= 11 is 0. The van der Waals surface area contributed by atoms with Crippen molar-refractivity contribution in [2.24, 2.45) is 5.92 Å². The van der Waals surface area contributed by atoms with E-state index in [1.807, 2.05) is 4.90 Å². The molecule has 1 saturated heterocycles. The fraction of sp³-hybridized carbons (Fsp3) is 0.600. The minimum absolute atomic E-state index is 0.00244. The van der Waals surface area contributed by atoms with Crippen LogP contribution in [-0.2, 0) is 4.79 Å². The van der Waals surface area contributed by atoms with E-state index in [1.54, 1.807) is 32.4 Å². The van der Waals surface area contributed by atoms with E-state index in [9.17, 15) is 9.59 Å². The van der Waals surface area contributed by atoms with E-state index in [-0.39, 0.29) is 18.6 Å². The third kappa shape index (κ3) is 4.80. The molecule has 0 aliphatic carbocycles. The van der Waals surface area contributed by atoms with E-state index < -0.39 is 11.9 Å². The van der Waals surface area contributed by atoms with Crippen LogP contribution in [0.1, 0.15) is 19.8 Å². The highest BCUT2D eigenvalue weighted by Crippen LogP contribution is 2.15. The number of hydrogen-bond acceptors (Lipinski definition) is 5.